The van der Waals surface area contributed by atoms with Crippen LogP contribution in [-0.2, 0) is 9.59 Å². The Hall–Kier alpha value is -1.06. The molecule has 0 aromatic rings. The standard InChI is InChI=1S/C17H29NO3/c1-4-12-8-14(15(9-12)17(20)21)16(19)18-13-6-5-10(2)11(3)7-13/h10-15H,4-9H2,1-3H3,(H,18,19)(H,20,21)/t10?,11?,12?,13?,14-,15+/m0/s1. The lowest BCUT2D eigenvalue weighted by atomic mass is 9.79. The molecule has 2 saturated carbocycles. The van der Waals surface area contributed by atoms with Gasteiger partial charge in [-0.3, -0.25) is 9.59 Å². The monoisotopic (exact) mass is 295 g/mol. The molecule has 0 aromatic heterocycles. The molecular formula is C17H29NO3. The second-order valence-corrected chi connectivity index (χ2v) is 7.27. The molecule has 6 atom stereocenters. The number of hydrogen-bond acceptors (Lipinski definition) is 2. The van der Waals surface area contributed by atoms with Crippen LogP contribution in [0.15, 0.2) is 0 Å². The van der Waals surface area contributed by atoms with E-state index in [1.54, 1.807) is 0 Å². The smallest absolute Gasteiger partial charge is 0.307 e. The van der Waals surface area contributed by atoms with Crippen LogP contribution >= 0.6 is 0 Å². The molecule has 0 aromatic carbocycles. The lowest BCUT2D eigenvalue weighted by Gasteiger charge is -2.33. The number of carboxylic acids is 1. The molecule has 2 N–H and O–H groups in total. The summed E-state index contributed by atoms with van der Waals surface area (Å²) in [4.78, 5) is 23.9. The molecule has 0 aliphatic heterocycles. The van der Waals surface area contributed by atoms with E-state index in [2.05, 4.69) is 26.1 Å². The van der Waals surface area contributed by atoms with Crippen LogP contribution in [0.1, 0.15) is 59.3 Å². The number of amides is 1. The molecule has 4 nitrogen and oxygen atoms in total. The van der Waals surface area contributed by atoms with E-state index in [1.807, 2.05) is 0 Å². The Balaban J connectivity index is 1.94. The summed E-state index contributed by atoms with van der Waals surface area (Å²) >= 11 is 0. The van der Waals surface area contributed by atoms with Crippen LogP contribution < -0.4 is 5.32 Å². The maximum absolute atomic E-state index is 12.5. The van der Waals surface area contributed by atoms with Gasteiger partial charge in [0.1, 0.15) is 0 Å². The van der Waals surface area contributed by atoms with Gasteiger partial charge in [0.25, 0.3) is 0 Å². The van der Waals surface area contributed by atoms with Crippen molar-refractivity contribution in [1.29, 1.82) is 0 Å². The highest BCUT2D eigenvalue weighted by Gasteiger charge is 2.42. The van der Waals surface area contributed by atoms with Crippen LogP contribution in [0, 0.1) is 29.6 Å². The van der Waals surface area contributed by atoms with Gasteiger partial charge in [-0.1, -0.05) is 27.2 Å². The maximum atomic E-state index is 12.5. The molecule has 4 heteroatoms. The summed E-state index contributed by atoms with van der Waals surface area (Å²) in [6.45, 7) is 6.59. The lowest BCUT2D eigenvalue weighted by molar-refractivity contribution is -0.146. The molecule has 2 fully saturated rings. The van der Waals surface area contributed by atoms with E-state index in [1.165, 1.54) is 0 Å². The number of aliphatic carboxylic acids is 1. The van der Waals surface area contributed by atoms with Crippen LogP contribution in [0.5, 0.6) is 0 Å². The van der Waals surface area contributed by atoms with Crippen molar-refractivity contribution in [3.8, 4) is 0 Å². The van der Waals surface area contributed by atoms with Crippen molar-refractivity contribution < 1.29 is 14.7 Å². The fourth-order valence-electron chi connectivity index (χ4n) is 4.03. The van der Waals surface area contributed by atoms with E-state index < -0.39 is 11.9 Å². The first-order valence-electron chi connectivity index (χ1n) is 8.45. The Morgan fingerprint density at radius 2 is 1.71 bits per heavy atom. The summed E-state index contributed by atoms with van der Waals surface area (Å²) in [6.07, 6.45) is 5.55. The Labute approximate surface area is 127 Å². The fraction of sp³-hybridized carbons (Fsp3) is 0.882. The lowest BCUT2D eigenvalue weighted by Crippen LogP contribution is -2.44. The Kier molecular flexibility index (Phi) is 5.28. The molecule has 1 amide bonds. The van der Waals surface area contributed by atoms with Crippen molar-refractivity contribution in [2.75, 3.05) is 0 Å². The first-order chi connectivity index (χ1) is 9.92. The summed E-state index contributed by atoms with van der Waals surface area (Å²) in [6, 6.07) is 0.235. The number of nitrogens with one attached hydrogen (secondary N) is 1. The first kappa shape index (κ1) is 16.3. The highest BCUT2D eigenvalue weighted by molar-refractivity contribution is 5.85. The summed E-state index contributed by atoms with van der Waals surface area (Å²) in [7, 11) is 0. The van der Waals surface area contributed by atoms with Crippen molar-refractivity contribution in [3.63, 3.8) is 0 Å². The molecular weight excluding hydrogens is 266 g/mol. The van der Waals surface area contributed by atoms with Gasteiger partial charge in [-0.25, -0.2) is 0 Å². The Morgan fingerprint density at radius 1 is 1.05 bits per heavy atom. The minimum Gasteiger partial charge on any atom is -0.481 e. The van der Waals surface area contributed by atoms with E-state index >= 15 is 0 Å². The number of carboxylic acid groups (broad SMARTS) is 1. The van der Waals surface area contributed by atoms with Crippen LogP contribution in [0.3, 0.4) is 0 Å². The largest absolute Gasteiger partial charge is 0.481 e. The van der Waals surface area contributed by atoms with Gasteiger partial charge in [-0.2, -0.15) is 0 Å². The Bertz CT molecular complexity index is 395. The van der Waals surface area contributed by atoms with Gasteiger partial charge < -0.3 is 10.4 Å². The average molecular weight is 295 g/mol. The van der Waals surface area contributed by atoms with Crippen molar-refractivity contribution in [1.82, 2.24) is 5.32 Å². The van der Waals surface area contributed by atoms with Gasteiger partial charge in [0.2, 0.25) is 5.91 Å². The highest BCUT2D eigenvalue weighted by Crippen LogP contribution is 2.39. The molecule has 2 aliphatic carbocycles. The normalized spacial score (nSPS) is 40.0. The van der Waals surface area contributed by atoms with Gasteiger partial charge in [0.05, 0.1) is 11.8 Å². The summed E-state index contributed by atoms with van der Waals surface area (Å²) in [5.41, 5.74) is 0. The third kappa shape index (κ3) is 3.78. The molecule has 21 heavy (non-hydrogen) atoms. The van der Waals surface area contributed by atoms with Crippen LogP contribution in [0.4, 0.5) is 0 Å². The summed E-state index contributed by atoms with van der Waals surface area (Å²) < 4.78 is 0. The molecule has 4 unspecified atom stereocenters. The molecule has 2 rings (SSSR count). The fourth-order valence-corrected chi connectivity index (χ4v) is 4.03. The highest BCUT2D eigenvalue weighted by atomic mass is 16.4. The van der Waals surface area contributed by atoms with E-state index in [0.29, 0.717) is 18.3 Å². The predicted molar refractivity (Wildman–Crippen MR) is 81.7 cm³/mol. The van der Waals surface area contributed by atoms with Crippen molar-refractivity contribution in [2.45, 2.75) is 65.3 Å². The van der Waals surface area contributed by atoms with Crippen LogP contribution in [0.2, 0.25) is 0 Å². The second kappa shape index (κ2) is 6.80. The average Bonchev–Trinajstić information content (AvgIpc) is 2.87. The SMILES string of the molecule is CCC1C[C@H](C(=O)NC2CCC(C)C(C)C2)[C@H](C(=O)O)C1. The summed E-state index contributed by atoms with van der Waals surface area (Å²) in [5.74, 6) is 0.0816. The van der Waals surface area contributed by atoms with Crippen LogP contribution in [-0.4, -0.2) is 23.0 Å². The zero-order valence-corrected chi connectivity index (χ0v) is 13.5. The number of hydrogen-bond donors (Lipinski definition) is 2. The third-order valence-corrected chi connectivity index (χ3v) is 5.84. The topological polar surface area (TPSA) is 66.4 Å². The second-order valence-electron chi connectivity index (χ2n) is 7.27. The van der Waals surface area contributed by atoms with E-state index in [-0.39, 0.29) is 17.9 Å². The molecule has 2 aliphatic rings. The zero-order valence-electron chi connectivity index (χ0n) is 13.5. The first-order valence-corrected chi connectivity index (χ1v) is 8.45. The van der Waals surface area contributed by atoms with Crippen molar-refractivity contribution in [3.05, 3.63) is 0 Å². The van der Waals surface area contributed by atoms with Gasteiger partial charge in [-0.05, 0) is 49.9 Å². The van der Waals surface area contributed by atoms with Gasteiger partial charge in [-0.15, -0.1) is 0 Å². The number of carbonyl (C=O) groups excluding carboxylic acids is 1. The number of rotatable bonds is 4. The molecule has 0 radical (unpaired) electrons. The summed E-state index contributed by atoms with van der Waals surface area (Å²) in [5, 5.41) is 12.5. The molecule has 0 saturated heterocycles. The van der Waals surface area contributed by atoms with E-state index in [9.17, 15) is 14.7 Å². The zero-order chi connectivity index (χ0) is 15.6. The molecule has 0 spiro atoms. The Morgan fingerprint density at radius 3 is 2.29 bits per heavy atom. The maximum Gasteiger partial charge on any atom is 0.307 e. The minimum absolute atomic E-state index is 0.0231. The van der Waals surface area contributed by atoms with Gasteiger partial charge in [0.15, 0.2) is 0 Å². The van der Waals surface area contributed by atoms with Gasteiger partial charge in [0, 0.05) is 6.04 Å². The quantitative estimate of drug-likeness (QED) is 0.837. The minimum atomic E-state index is -0.809. The van der Waals surface area contributed by atoms with Crippen molar-refractivity contribution in [2.24, 2.45) is 29.6 Å². The van der Waals surface area contributed by atoms with Crippen molar-refractivity contribution >= 4 is 11.9 Å². The number of carbonyl (C=O) groups is 2. The van der Waals surface area contributed by atoms with E-state index in [4.69, 9.17) is 0 Å². The third-order valence-electron chi connectivity index (χ3n) is 5.84. The predicted octanol–water partition coefficient (Wildman–Crippen LogP) is 3.06. The van der Waals surface area contributed by atoms with Gasteiger partial charge >= 0.3 is 5.97 Å². The molecule has 0 heterocycles. The molecule has 120 valence electrons. The van der Waals surface area contributed by atoms with Crippen LogP contribution in [0.25, 0.3) is 0 Å². The molecule has 0 bridgehead atoms. The van der Waals surface area contributed by atoms with E-state index in [0.717, 1.165) is 38.0 Å².